The number of ether oxygens (including phenoxy) is 2. The molecule has 27 heavy (non-hydrogen) atoms. The highest BCUT2D eigenvalue weighted by Gasteiger charge is 2.12. The Balaban J connectivity index is 1.72. The van der Waals surface area contributed by atoms with Gasteiger partial charge in [0.05, 0.1) is 14.2 Å². The molecule has 0 radical (unpaired) electrons. The van der Waals surface area contributed by atoms with Crippen LogP contribution in [-0.4, -0.2) is 33.8 Å². The van der Waals surface area contributed by atoms with Crippen molar-refractivity contribution >= 4 is 17.3 Å². The number of nitrogens with zero attached hydrogens (tertiary/aromatic N) is 4. The summed E-state index contributed by atoms with van der Waals surface area (Å²) >= 11 is 0. The molecule has 0 spiro atoms. The van der Waals surface area contributed by atoms with Gasteiger partial charge in [0.15, 0.2) is 5.82 Å². The molecule has 0 fully saturated rings. The van der Waals surface area contributed by atoms with E-state index in [4.69, 9.17) is 9.47 Å². The van der Waals surface area contributed by atoms with Gasteiger partial charge < -0.3 is 14.8 Å². The summed E-state index contributed by atoms with van der Waals surface area (Å²) in [6.45, 7) is 1.93. The zero-order valence-corrected chi connectivity index (χ0v) is 15.3. The fraction of sp³-hybridized carbons (Fsp3) is 0.150. The molecule has 7 heteroatoms. The highest BCUT2D eigenvalue weighted by molar-refractivity contribution is 5.63. The maximum atomic E-state index is 5.20. The van der Waals surface area contributed by atoms with Crippen molar-refractivity contribution in [2.75, 3.05) is 19.5 Å². The first-order chi connectivity index (χ1) is 13.2. The Morgan fingerprint density at radius 2 is 1.48 bits per heavy atom. The lowest BCUT2D eigenvalue weighted by atomic mass is 10.2. The quantitative estimate of drug-likeness (QED) is 0.582. The van der Waals surface area contributed by atoms with Crippen LogP contribution in [0, 0.1) is 6.92 Å². The van der Waals surface area contributed by atoms with Crippen LogP contribution in [0.25, 0.3) is 17.2 Å². The molecule has 0 bridgehead atoms. The number of anilines is 2. The number of hydrogen-bond acceptors (Lipinski definition) is 6. The van der Waals surface area contributed by atoms with Crippen molar-refractivity contribution in [3.05, 3.63) is 60.3 Å². The van der Waals surface area contributed by atoms with E-state index in [0.29, 0.717) is 11.6 Å². The fourth-order valence-corrected chi connectivity index (χ4v) is 2.76. The highest BCUT2D eigenvalue weighted by Crippen LogP contribution is 2.24. The van der Waals surface area contributed by atoms with Crippen LogP contribution in [0.3, 0.4) is 0 Å². The molecule has 4 aromatic rings. The SMILES string of the molecule is COc1ccc(Nc2cc(C)nc3nc(-c4ccc(OC)cc4)nn23)cc1. The van der Waals surface area contributed by atoms with Gasteiger partial charge in [-0.25, -0.2) is 4.98 Å². The van der Waals surface area contributed by atoms with Gasteiger partial charge in [0.2, 0.25) is 0 Å². The minimum Gasteiger partial charge on any atom is -0.497 e. The minimum atomic E-state index is 0.539. The summed E-state index contributed by atoms with van der Waals surface area (Å²) in [7, 11) is 3.29. The molecule has 7 nitrogen and oxygen atoms in total. The van der Waals surface area contributed by atoms with E-state index in [1.807, 2.05) is 61.5 Å². The zero-order chi connectivity index (χ0) is 18.8. The van der Waals surface area contributed by atoms with Crippen LogP contribution in [-0.2, 0) is 0 Å². The van der Waals surface area contributed by atoms with Crippen molar-refractivity contribution in [2.24, 2.45) is 0 Å². The molecule has 0 amide bonds. The minimum absolute atomic E-state index is 0.539. The van der Waals surface area contributed by atoms with Gasteiger partial charge >= 0.3 is 0 Å². The van der Waals surface area contributed by atoms with Crippen LogP contribution in [0.15, 0.2) is 54.6 Å². The van der Waals surface area contributed by atoms with E-state index in [0.717, 1.165) is 34.3 Å². The van der Waals surface area contributed by atoms with Crippen molar-refractivity contribution in [1.82, 2.24) is 19.6 Å². The van der Waals surface area contributed by atoms with E-state index in [9.17, 15) is 0 Å². The summed E-state index contributed by atoms with van der Waals surface area (Å²) in [6.07, 6.45) is 0. The summed E-state index contributed by atoms with van der Waals surface area (Å²) in [5.41, 5.74) is 2.67. The predicted molar refractivity (Wildman–Crippen MR) is 104 cm³/mol. The van der Waals surface area contributed by atoms with E-state index in [1.54, 1.807) is 18.7 Å². The average molecular weight is 361 g/mol. The smallest absolute Gasteiger partial charge is 0.254 e. The van der Waals surface area contributed by atoms with Gasteiger partial charge in [0.1, 0.15) is 17.3 Å². The molecule has 0 atom stereocenters. The number of rotatable bonds is 5. The lowest BCUT2D eigenvalue weighted by Gasteiger charge is -2.09. The first-order valence-corrected chi connectivity index (χ1v) is 8.46. The highest BCUT2D eigenvalue weighted by atomic mass is 16.5. The Bertz CT molecular complexity index is 1070. The van der Waals surface area contributed by atoms with E-state index < -0.39 is 0 Å². The molecule has 4 rings (SSSR count). The van der Waals surface area contributed by atoms with E-state index in [-0.39, 0.29) is 0 Å². The summed E-state index contributed by atoms with van der Waals surface area (Å²) in [5, 5.41) is 7.99. The summed E-state index contributed by atoms with van der Waals surface area (Å²) in [4.78, 5) is 9.06. The Labute approximate surface area is 156 Å². The molecule has 0 aliphatic heterocycles. The molecule has 136 valence electrons. The van der Waals surface area contributed by atoms with E-state index in [2.05, 4.69) is 20.4 Å². The number of methoxy groups -OCH3 is 2. The molecule has 0 unspecified atom stereocenters. The third kappa shape index (κ3) is 3.39. The number of aryl methyl sites for hydroxylation is 1. The second-order valence-electron chi connectivity index (χ2n) is 6.01. The van der Waals surface area contributed by atoms with Gasteiger partial charge in [-0.05, 0) is 55.5 Å². The van der Waals surface area contributed by atoms with E-state index in [1.165, 1.54) is 0 Å². The first kappa shape index (κ1) is 16.8. The fourth-order valence-electron chi connectivity index (χ4n) is 2.76. The third-order valence-corrected chi connectivity index (χ3v) is 4.15. The molecule has 2 heterocycles. The van der Waals surface area contributed by atoms with Crippen molar-refractivity contribution in [3.63, 3.8) is 0 Å². The third-order valence-electron chi connectivity index (χ3n) is 4.15. The number of nitrogens with one attached hydrogen (secondary N) is 1. The lowest BCUT2D eigenvalue weighted by Crippen LogP contribution is -2.02. The Morgan fingerprint density at radius 1 is 0.852 bits per heavy atom. The lowest BCUT2D eigenvalue weighted by molar-refractivity contribution is 0.415. The van der Waals surface area contributed by atoms with Crippen LogP contribution in [0.5, 0.6) is 11.5 Å². The van der Waals surface area contributed by atoms with Crippen molar-refractivity contribution in [3.8, 4) is 22.9 Å². The Morgan fingerprint density at radius 3 is 2.11 bits per heavy atom. The molecular weight excluding hydrogens is 342 g/mol. The maximum absolute atomic E-state index is 5.20. The summed E-state index contributed by atoms with van der Waals surface area (Å²) in [5.74, 6) is 3.53. The monoisotopic (exact) mass is 361 g/mol. The number of benzene rings is 2. The number of hydrogen-bond donors (Lipinski definition) is 1. The van der Waals surface area contributed by atoms with E-state index >= 15 is 0 Å². The number of aromatic nitrogens is 4. The summed E-state index contributed by atoms with van der Waals surface area (Å²) < 4.78 is 12.1. The van der Waals surface area contributed by atoms with Gasteiger partial charge in [-0.3, -0.25) is 0 Å². The molecular formula is C20H19N5O2. The Kier molecular flexibility index (Phi) is 4.33. The van der Waals surface area contributed by atoms with Crippen LogP contribution >= 0.6 is 0 Å². The molecule has 0 saturated carbocycles. The first-order valence-electron chi connectivity index (χ1n) is 8.46. The van der Waals surface area contributed by atoms with Crippen molar-refractivity contribution < 1.29 is 9.47 Å². The molecule has 1 N–H and O–H groups in total. The molecule has 0 aliphatic rings. The normalized spacial score (nSPS) is 10.8. The molecule has 2 aromatic carbocycles. The van der Waals surface area contributed by atoms with Crippen LogP contribution in [0.4, 0.5) is 11.5 Å². The van der Waals surface area contributed by atoms with Gasteiger partial charge in [0.25, 0.3) is 5.78 Å². The number of fused-ring (bicyclic) bond motifs is 1. The van der Waals surface area contributed by atoms with Gasteiger partial charge in [-0.1, -0.05) is 0 Å². The largest absolute Gasteiger partial charge is 0.497 e. The second kappa shape index (κ2) is 6.95. The van der Waals surface area contributed by atoms with Crippen LogP contribution in [0.2, 0.25) is 0 Å². The second-order valence-corrected chi connectivity index (χ2v) is 6.01. The van der Waals surface area contributed by atoms with Crippen LogP contribution < -0.4 is 14.8 Å². The molecule has 0 aliphatic carbocycles. The average Bonchev–Trinajstić information content (AvgIpc) is 3.13. The van der Waals surface area contributed by atoms with Crippen LogP contribution in [0.1, 0.15) is 5.69 Å². The predicted octanol–water partition coefficient (Wildman–Crippen LogP) is 3.86. The summed E-state index contributed by atoms with van der Waals surface area (Å²) in [6, 6.07) is 17.3. The van der Waals surface area contributed by atoms with Gasteiger partial charge in [-0.2, -0.15) is 9.50 Å². The van der Waals surface area contributed by atoms with Crippen molar-refractivity contribution in [2.45, 2.75) is 6.92 Å². The topological polar surface area (TPSA) is 73.6 Å². The van der Waals surface area contributed by atoms with Gasteiger partial charge in [-0.15, -0.1) is 5.10 Å². The molecule has 0 saturated heterocycles. The molecule has 2 aromatic heterocycles. The maximum Gasteiger partial charge on any atom is 0.254 e. The standard InChI is InChI=1S/C20H19N5O2/c1-13-12-18(22-15-6-10-17(27-3)11-7-15)25-20(21-13)23-19(24-25)14-4-8-16(26-2)9-5-14/h4-12,22H,1-3H3. The van der Waals surface area contributed by atoms with Crippen molar-refractivity contribution in [1.29, 1.82) is 0 Å². The Hall–Kier alpha value is -3.61. The zero-order valence-electron chi connectivity index (χ0n) is 15.3. The van der Waals surface area contributed by atoms with Gasteiger partial charge in [0, 0.05) is 23.0 Å².